The van der Waals surface area contributed by atoms with E-state index in [1.54, 1.807) is 12.1 Å². The van der Waals surface area contributed by atoms with Crippen LogP contribution < -0.4 is 10.6 Å². The maximum absolute atomic E-state index is 13.3. The monoisotopic (exact) mass is 372 g/mol. The second-order valence-electron chi connectivity index (χ2n) is 7.31. The lowest BCUT2D eigenvalue weighted by Crippen LogP contribution is -2.44. The molecule has 0 spiro atoms. The number of amides is 2. The summed E-state index contributed by atoms with van der Waals surface area (Å²) in [4.78, 5) is 12.8. The van der Waals surface area contributed by atoms with Gasteiger partial charge in [0, 0.05) is 24.9 Å². The molecule has 0 saturated carbocycles. The number of carbonyl (C=O) groups is 1. The molecule has 0 bridgehead atoms. The summed E-state index contributed by atoms with van der Waals surface area (Å²) in [5.74, 6) is -0.291. The first-order chi connectivity index (χ1) is 13.1. The van der Waals surface area contributed by atoms with Crippen molar-refractivity contribution in [3.63, 3.8) is 0 Å². The van der Waals surface area contributed by atoms with Gasteiger partial charge in [0.1, 0.15) is 5.82 Å². The summed E-state index contributed by atoms with van der Waals surface area (Å²) in [6, 6.07) is 5.68. The van der Waals surface area contributed by atoms with E-state index in [4.69, 9.17) is 4.74 Å². The fraction of sp³-hybridized carbons (Fsp3) is 0.500. The first kappa shape index (κ1) is 18.0. The van der Waals surface area contributed by atoms with Crippen LogP contribution in [0.2, 0.25) is 0 Å². The first-order valence-corrected chi connectivity index (χ1v) is 9.56. The van der Waals surface area contributed by atoms with Crippen LogP contribution in [0, 0.1) is 5.82 Å². The minimum atomic E-state index is -0.301. The highest BCUT2D eigenvalue weighted by atomic mass is 19.1. The number of nitrogens with one attached hydrogen (secondary N) is 2. The van der Waals surface area contributed by atoms with Crippen molar-refractivity contribution in [3.8, 4) is 0 Å². The van der Waals surface area contributed by atoms with Crippen molar-refractivity contribution in [1.82, 2.24) is 20.4 Å². The Kier molecular flexibility index (Phi) is 5.11. The minimum Gasteiger partial charge on any atom is -0.376 e. The zero-order chi connectivity index (χ0) is 18.8. The number of hydrogen-bond donors (Lipinski definition) is 2. The normalized spacial score (nSPS) is 22.9. The molecule has 1 aromatic heterocycles. The predicted octanol–water partition coefficient (Wildman–Crippen LogP) is 3.16. The summed E-state index contributed by atoms with van der Waals surface area (Å²) in [5, 5.41) is 10.5. The maximum Gasteiger partial charge on any atom is 0.315 e. The highest BCUT2D eigenvalue weighted by Crippen LogP contribution is 2.30. The predicted molar refractivity (Wildman–Crippen MR) is 98.7 cm³/mol. The molecule has 1 saturated heterocycles. The number of benzene rings is 1. The van der Waals surface area contributed by atoms with Crippen molar-refractivity contribution in [2.45, 2.75) is 50.3 Å². The van der Waals surface area contributed by atoms with E-state index in [1.165, 1.54) is 17.8 Å². The van der Waals surface area contributed by atoms with Crippen molar-refractivity contribution in [2.24, 2.45) is 7.05 Å². The van der Waals surface area contributed by atoms with Gasteiger partial charge in [-0.3, -0.25) is 4.68 Å². The van der Waals surface area contributed by atoms with Gasteiger partial charge in [-0.25, -0.2) is 9.18 Å². The van der Waals surface area contributed by atoms with Gasteiger partial charge in [0.25, 0.3) is 0 Å². The smallest absolute Gasteiger partial charge is 0.315 e. The lowest BCUT2D eigenvalue weighted by atomic mass is 9.93. The van der Waals surface area contributed by atoms with E-state index < -0.39 is 0 Å². The molecule has 144 valence electrons. The maximum atomic E-state index is 13.3. The molecule has 0 radical (unpaired) electrons. The summed E-state index contributed by atoms with van der Waals surface area (Å²) in [6.07, 6.45) is 6.49. The third-order valence-corrected chi connectivity index (χ3v) is 5.53. The third-order valence-electron chi connectivity index (χ3n) is 5.53. The zero-order valence-corrected chi connectivity index (χ0v) is 15.5. The van der Waals surface area contributed by atoms with E-state index in [1.807, 2.05) is 17.9 Å². The summed E-state index contributed by atoms with van der Waals surface area (Å²) < 4.78 is 21.0. The fourth-order valence-electron chi connectivity index (χ4n) is 4.12. The molecule has 2 aromatic rings. The van der Waals surface area contributed by atoms with E-state index in [0.717, 1.165) is 43.2 Å². The van der Waals surface area contributed by atoms with Crippen molar-refractivity contribution in [3.05, 3.63) is 53.1 Å². The Bertz CT molecular complexity index is 799. The Morgan fingerprint density at radius 2 is 2.11 bits per heavy atom. The zero-order valence-electron chi connectivity index (χ0n) is 15.5. The number of halogens is 1. The molecule has 2 heterocycles. The van der Waals surface area contributed by atoms with E-state index >= 15 is 0 Å². The largest absolute Gasteiger partial charge is 0.376 e. The van der Waals surface area contributed by atoms with Gasteiger partial charge in [0.2, 0.25) is 0 Å². The Morgan fingerprint density at radius 3 is 2.85 bits per heavy atom. The molecule has 2 aliphatic rings. The van der Waals surface area contributed by atoms with Crippen LogP contribution in [0.4, 0.5) is 9.18 Å². The molecule has 1 fully saturated rings. The number of nitrogens with zero attached hydrogens (tertiary/aromatic N) is 2. The van der Waals surface area contributed by atoms with Gasteiger partial charge in [-0.1, -0.05) is 12.1 Å². The summed E-state index contributed by atoms with van der Waals surface area (Å²) in [6.45, 7) is 0.688. The van der Waals surface area contributed by atoms with Crippen LogP contribution in [-0.2, 0) is 18.2 Å². The van der Waals surface area contributed by atoms with E-state index in [0.29, 0.717) is 6.61 Å². The number of aryl methyl sites for hydroxylation is 1. The van der Waals surface area contributed by atoms with Gasteiger partial charge < -0.3 is 15.4 Å². The van der Waals surface area contributed by atoms with E-state index in [-0.39, 0.29) is 30.0 Å². The number of ether oxygens (including phenoxy) is 1. The number of fused-ring (bicyclic) bond motifs is 1. The summed E-state index contributed by atoms with van der Waals surface area (Å²) in [7, 11) is 1.93. The SMILES string of the molecule is Cn1ncc2c1CCC[C@@H]2NC(=O)N[C@@H](c1ccc(F)cc1)[C@H]1CCCO1. The second-order valence-corrected chi connectivity index (χ2v) is 7.31. The van der Waals surface area contributed by atoms with Gasteiger partial charge in [-0.15, -0.1) is 0 Å². The Morgan fingerprint density at radius 1 is 1.30 bits per heavy atom. The molecule has 3 atom stereocenters. The van der Waals surface area contributed by atoms with Crippen LogP contribution in [0.1, 0.15) is 54.6 Å². The standard InChI is InChI=1S/C20H25FN4O2/c1-25-17-5-2-4-16(15(17)12-22-25)23-20(26)24-19(18-6-3-11-27-18)13-7-9-14(21)10-8-13/h7-10,12,16,18-19H,2-6,11H2,1H3,(H2,23,24,26)/t16-,18+,19-/m0/s1. The van der Waals surface area contributed by atoms with Crippen LogP contribution in [-0.4, -0.2) is 28.5 Å². The van der Waals surface area contributed by atoms with Crippen LogP contribution in [0.5, 0.6) is 0 Å². The van der Waals surface area contributed by atoms with Crippen molar-refractivity contribution in [1.29, 1.82) is 0 Å². The van der Waals surface area contributed by atoms with Gasteiger partial charge in [-0.2, -0.15) is 5.10 Å². The average molecular weight is 372 g/mol. The molecule has 1 aromatic carbocycles. The van der Waals surface area contributed by atoms with Gasteiger partial charge in [-0.05, 0) is 49.8 Å². The van der Waals surface area contributed by atoms with Crippen LogP contribution >= 0.6 is 0 Å². The van der Waals surface area contributed by atoms with E-state index in [9.17, 15) is 9.18 Å². The number of hydrogen-bond acceptors (Lipinski definition) is 3. The van der Waals surface area contributed by atoms with Crippen LogP contribution in [0.25, 0.3) is 0 Å². The molecule has 2 N–H and O–H groups in total. The second kappa shape index (κ2) is 7.68. The summed E-state index contributed by atoms with van der Waals surface area (Å²) in [5.41, 5.74) is 3.12. The topological polar surface area (TPSA) is 68.2 Å². The molecule has 4 rings (SSSR count). The first-order valence-electron chi connectivity index (χ1n) is 9.56. The molecule has 1 aliphatic heterocycles. The number of urea groups is 1. The van der Waals surface area contributed by atoms with Gasteiger partial charge >= 0.3 is 6.03 Å². The Hall–Kier alpha value is -2.41. The average Bonchev–Trinajstić information content (AvgIpc) is 3.32. The molecular formula is C20H25FN4O2. The molecule has 6 nitrogen and oxygen atoms in total. The van der Waals surface area contributed by atoms with Gasteiger partial charge in [0.15, 0.2) is 0 Å². The van der Waals surface area contributed by atoms with Crippen molar-refractivity contribution < 1.29 is 13.9 Å². The highest BCUT2D eigenvalue weighted by Gasteiger charge is 2.30. The lowest BCUT2D eigenvalue weighted by Gasteiger charge is -2.28. The molecular weight excluding hydrogens is 347 g/mol. The summed E-state index contributed by atoms with van der Waals surface area (Å²) >= 11 is 0. The van der Waals surface area contributed by atoms with Crippen LogP contribution in [0.15, 0.2) is 30.5 Å². The highest BCUT2D eigenvalue weighted by molar-refractivity contribution is 5.75. The van der Waals surface area contributed by atoms with Crippen molar-refractivity contribution in [2.75, 3.05) is 6.61 Å². The molecule has 27 heavy (non-hydrogen) atoms. The number of carbonyl (C=O) groups excluding carboxylic acids is 1. The van der Waals surface area contributed by atoms with Crippen molar-refractivity contribution >= 4 is 6.03 Å². The molecule has 0 unspecified atom stereocenters. The fourth-order valence-corrected chi connectivity index (χ4v) is 4.12. The quantitative estimate of drug-likeness (QED) is 0.866. The van der Waals surface area contributed by atoms with Crippen LogP contribution in [0.3, 0.4) is 0 Å². The molecule has 7 heteroatoms. The number of rotatable bonds is 4. The minimum absolute atomic E-state index is 0.0409. The Labute approximate surface area is 158 Å². The third kappa shape index (κ3) is 3.83. The molecule has 2 amide bonds. The molecule has 1 aliphatic carbocycles. The van der Waals surface area contributed by atoms with E-state index in [2.05, 4.69) is 15.7 Å². The van der Waals surface area contributed by atoms with Gasteiger partial charge in [0.05, 0.1) is 24.4 Å². The lowest BCUT2D eigenvalue weighted by molar-refractivity contribution is 0.0805. The number of aromatic nitrogens is 2. The Balaban J connectivity index is 1.48.